The highest BCUT2D eigenvalue weighted by Gasteiger charge is 2.31. The lowest BCUT2D eigenvalue weighted by Gasteiger charge is -2.13. The summed E-state index contributed by atoms with van der Waals surface area (Å²) in [6.07, 6.45) is -4.12. The number of rotatable bonds is 7. The third-order valence-electron chi connectivity index (χ3n) is 4.20. The van der Waals surface area contributed by atoms with Crippen LogP contribution in [0.5, 0.6) is 17.4 Å². The number of halogens is 3. The van der Waals surface area contributed by atoms with Crippen LogP contribution in [0, 0.1) is 0 Å². The second-order valence-corrected chi connectivity index (χ2v) is 8.71. The van der Waals surface area contributed by atoms with Crippen LogP contribution >= 0.6 is 0 Å². The highest BCUT2D eigenvalue weighted by molar-refractivity contribution is 7.91. The average Bonchev–Trinajstić information content (AvgIpc) is 2.67. The van der Waals surface area contributed by atoms with Crippen molar-refractivity contribution in [1.29, 1.82) is 0 Å². The molecule has 0 fully saturated rings. The summed E-state index contributed by atoms with van der Waals surface area (Å²) >= 11 is 0. The fraction of sp³-hybridized carbons (Fsp3) is 0.200. The molecule has 7 nitrogen and oxygen atoms in total. The highest BCUT2D eigenvalue weighted by atomic mass is 32.2. The number of benzene rings is 2. The standard InChI is InChI=1S/C20H16F3NO6S/c1-2-31(27,28)15-5-6-18(24-11-15)29-17-8-12(9-19(25)26)7-13-3-4-14(10-16(13)17)30-20(21,22)23/h3-8,10-11H,2,9H2,1H3,(H,25,26). The third kappa shape index (κ3) is 5.63. The molecular formula is C20H16F3NO6S. The number of ether oxygens (including phenoxy) is 2. The predicted octanol–water partition coefficient (Wildman–Crippen LogP) is 4.35. The molecule has 1 heterocycles. The van der Waals surface area contributed by atoms with Crippen LogP contribution in [0.3, 0.4) is 0 Å². The van der Waals surface area contributed by atoms with E-state index in [0.29, 0.717) is 10.9 Å². The van der Waals surface area contributed by atoms with Gasteiger partial charge in [0, 0.05) is 17.6 Å². The highest BCUT2D eigenvalue weighted by Crippen LogP contribution is 2.35. The van der Waals surface area contributed by atoms with Crippen molar-refractivity contribution in [1.82, 2.24) is 4.98 Å². The van der Waals surface area contributed by atoms with Crippen LogP contribution in [0.15, 0.2) is 53.6 Å². The summed E-state index contributed by atoms with van der Waals surface area (Å²) in [6, 6.07) is 9.03. The van der Waals surface area contributed by atoms with Gasteiger partial charge in [-0.3, -0.25) is 4.79 Å². The first-order valence-corrected chi connectivity index (χ1v) is 10.5. The van der Waals surface area contributed by atoms with E-state index < -0.39 is 27.9 Å². The summed E-state index contributed by atoms with van der Waals surface area (Å²) in [5, 5.41) is 9.72. The van der Waals surface area contributed by atoms with E-state index in [1.54, 1.807) is 0 Å². The number of carbonyl (C=O) groups is 1. The number of aromatic nitrogens is 1. The topological polar surface area (TPSA) is 103 Å². The van der Waals surface area contributed by atoms with Gasteiger partial charge in [0.1, 0.15) is 11.5 Å². The van der Waals surface area contributed by atoms with Crippen molar-refractivity contribution >= 4 is 26.6 Å². The van der Waals surface area contributed by atoms with Gasteiger partial charge in [-0.15, -0.1) is 13.2 Å². The van der Waals surface area contributed by atoms with Crippen molar-refractivity contribution < 1.29 is 41.0 Å². The van der Waals surface area contributed by atoms with Gasteiger partial charge in [-0.05, 0) is 35.2 Å². The van der Waals surface area contributed by atoms with Crippen molar-refractivity contribution in [3.63, 3.8) is 0 Å². The number of sulfone groups is 1. The number of nitrogens with zero attached hydrogens (tertiary/aromatic N) is 1. The van der Waals surface area contributed by atoms with Gasteiger partial charge in [-0.1, -0.05) is 19.1 Å². The normalized spacial score (nSPS) is 12.0. The van der Waals surface area contributed by atoms with E-state index in [1.807, 2.05) is 0 Å². The second kappa shape index (κ2) is 8.42. The molecule has 11 heteroatoms. The Bertz CT molecular complexity index is 1220. The van der Waals surface area contributed by atoms with Gasteiger partial charge in [0.25, 0.3) is 0 Å². The van der Waals surface area contributed by atoms with Crippen LogP contribution in [0.4, 0.5) is 13.2 Å². The fourth-order valence-electron chi connectivity index (χ4n) is 2.81. The zero-order valence-electron chi connectivity index (χ0n) is 16.0. The molecule has 0 saturated heterocycles. The molecule has 0 aliphatic carbocycles. The Morgan fingerprint density at radius 3 is 2.45 bits per heavy atom. The zero-order chi connectivity index (χ0) is 22.8. The molecule has 0 aliphatic heterocycles. The van der Waals surface area contributed by atoms with E-state index in [1.165, 1.54) is 37.3 Å². The largest absolute Gasteiger partial charge is 0.573 e. The third-order valence-corrected chi connectivity index (χ3v) is 5.92. The van der Waals surface area contributed by atoms with Crippen LogP contribution in [0.25, 0.3) is 10.8 Å². The molecule has 1 aromatic heterocycles. The van der Waals surface area contributed by atoms with Crippen LogP contribution < -0.4 is 9.47 Å². The molecule has 0 atom stereocenters. The molecule has 3 aromatic rings. The number of hydrogen-bond donors (Lipinski definition) is 1. The maximum Gasteiger partial charge on any atom is 0.573 e. The smallest absolute Gasteiger partial charge is 0.481 e. The summed E-state index contributed by atoms with van der Waals surface area (Å²) in [5.74, 6) is -1.67. The minimum atomic E-state index is -4.89. The summed E-state index contributed by atoms with van der Waals surface area (Å²) in [5.41, 5.74) is 0.352. The van der Waals surface area contributed by atoms with E-state index in [4.69, 9.17) is 9.84 Å². The molecular weight excluding hydrogens is 439 g/mol. The molecule has 0 bridgehead atoms. The maximum atomic E-state index is 12.6. The number of fused-ring (bicyclic) bond motifs is 1. The fourth-order valence-corrected chi connectivity index (χ4v) is 3.63. The number of hydrogen-bond acceptors (Lipinski definition) is 6. The Morgan fingerprint density at radius 1 is 1.13 bits per heavy atom. The number of carboxylic acid groups (broad SMARTS) is 1. The number of pyridine rings is 1. The van der Waals surface area contributed by atoms with Gasteiger partial charge in [0.2, 0.25) is 5.88 Å². The summed E-state index contributed by atoms with van der Waals surface area (Å²) in [6.45, 7) is 1.49. The Morgan fingerprint density at radius 2 is 1.87 bits per heavy atom. The van der Waals surface area contributed by atoms with Crippen molar-refractivity contribution in [2.75, 3.05) is 5.75 Å². The van der Waals surface area contributed by atoms with E-state index in [9.17, 15) is 26.4 Å². The summed E-state index contributed by atoms with van der Waals surface area (Å²) in [7, 11) is -3.47. The molecule has 0 radical (unpaired) electrons. The van der Waals surface area contributed by atoms with Crippen LogP contribution in [0.2, 0.25) is 0 Å². The van der Waals surface area contributed by atoms with Gasteiger partial charge < -0.3 is 14.6 Å². The molecule has 0 aliphatic rings. The van der Waals surface area contributed by atoms with Gasteiger partial charge in [-0.25, -0.2) is 13.4 Å². The van der Waals surface area contributed by atoms with Crippen molar-refractivity contribution in [3.8, 4) is 17.4 Å². The number of aliphatic carboxylic acids is 1. The lowest BCUT2D eigenvalue weighted by Crippen LogP contribution is -2.17. The SMILES string of the molecule is CCS(=O)(=O)c1ccc(Oc2cc(CC(=O)O)cc3ccc(OC(F)(F)F)cc23)nc1. The Hall–Kier alpha value is -3.34. The second-order valence-electron chi connectivity index (χ2n) is 6.43. The number of carboxylic acids is 1. The molecule has 0 saturated carbocycles. The lowest BCUT2D eigenvalue weighted by atomic mass is 10.0. The van der Waals surface area contributed by atoms with Crippen LogP contribution in [-0.4, -0.2) is 36.6 Å². The van der Waals surface area contributed by atoms with E-state index in [-0.39, 0.29) is 34.1 Å². The van der Waals surface area contributed by atoms with E-state index in [0.717, 1.165) is 18.3 Å². The predicted molar refractivity (Wildman–Crippen MR) is 104 cm³/mol. The average molecular weight is 455 g/mol. The van der Waals surface area contributed by atoms with Crippen molar-refractivity contribution in [3.05, 3.63) is 54.2 Å². The molecule has 0 unspecified atom stereocenters. The first-order chi connectivity index (χ1) is 14.5. The Balaban J connectivity index is 2.04. The zero-order valence-corrected chi connectivity index (χ0v) is 16.8. The summed E-state index contributed by atoms with van der Waals surface area (Å²) in [4.78, 5) is 15.0. The number of alkyl halides is 3. The van der Waals surface area contributed by atoms with Gasteiger partial charge in [-0.2, -0.15) is 0 Å². The van der Waals surface area contributed by atoms with Crippen molar-refractivity contribution in [2.45, 2.75) is 24.6 Å². The quantitative estimate of drug-likeness (QED) is 0.565. The monoisotopic (exact) mass is 455 g/mol. The van der Waals surface area contributed by atoms with Crippen LogP contribution in [0.1, 0.15) is 12.5 Å². The first-order valence-electron chi connectivity index (χ1n) is 8.88. The Labute approximate surface area is 175 Å². The minimum absolute atomic E-state index is 0.00676. The van der Waals surface area contributed by atoms with E-state index >= 15 is 0 Å². The Kier molecular flexibility index (Phi) is 6.07. The molecule has 0 amide bonds. The molecule has 164 valence electrons. The molecule has 0 spiro atoms. The van der Waals surface area contributed by atoms with Gasteiger partial charge in [0.05, 0.1) is 17.1 Å². The minimum Gasteiger partial charge on any atom is -0.481 e. The van der Waals surface area contributed by atoms with Crippen LogP contribution in [-0.2, 0) is 21.1 Å². The first kappa shape index (κ1) is 22.3. The van der Waals surface area contributed by atoms with Gasteiger partial charge >= 0.3 is 12.3 Å². The van der Waals surface area contributed by atoms with Gasteiger partial charge in [0.15, 0.2) is 9.84 Å². The molecule has 3 rings (SSSR count). The maximum absolute atomic E-state index is 12.6. The molecule has 2 aromatic carbocycles. The molecule has 1 N–H and O–H groups in total. The molecule has 31 heavy (non-hydrogen) atoms. The van der Waals surface area contributed by atoms with E-state index in [2.05, 4.69) is 9.72 Å². The van der Waals surface area contributed by atoms with Crippen molar-refractivity contribution in [2.24, 2.45) is 0 Å². The lowest BCUT2D eigenvalue weighted by molar-refractivity contribution is -0.274. The summed E-state index contributed by atoms with van der Waals surface area (Å²) < 4.78 is 71.2.